The molecule has 37 heavy (non-hydrogen) atoms. The quantitative estimate of drug-likeness (QED) is 0.542. The average Bonchev–Trinajstić information content (AvgIpc) is 2.88. The van der Waals surface area contributed by atoms with E-state index in [1.807, 2.05) is 4.90 Å². The van der Waals surface area contributed by atoms with Crippen LogP contribution in [0.4, 0.5) is 13.2 Å². The number of H-pyrrole nitrogens is 1. The Labute approximate surface area is 211 Å². The standard InChI is InChI=1S/C26H28F3N5O3/c27-26(28,29)20-3-1-2-17(18-14-31-21-4-5-22(35)32-24(21)23(18)25(30)36)19(20)15-33-8-6-16(7-9-33)34-10-12-37-13-11-34/h1-5,14,16H,6-13,15H2,(H2,30,36)(H,32,35). The molecule has 0 atom stereocenters. The van der Waals surface area contributed by atoms with E-state index in [1.165, 1.54) is 24.4 Å². The number of alkyl halides is 3. The fourth-order valence-corrected chi connectivity index (χ4v) is 5.44. The average molecular weight is 516 g/mol. The Bertz CT molecular complexity index is 1360. The highest BCUT2D eigenvalue weighted by Gasteiger charge is 2.36. The third-order valence-corrected chi connectivity index (χ3v) is 7.27. The van der Waals surface area contributed by atoms with Crippen molar-refractivity contribution in [1.29, 1.82) is 0 Å². The second kappa shape index (κ2) is 10.2. The highest BCUT2D eigenvalue weighted by Crippen LogP contribution is 2.39. The van der Waals surface area contributed by atoms with Gasteiger partial charge >= 0.3 is 6.18 Å². The minimum absolute atomic E-state index is 0.0572. The number of carbonyl (C=O) groups is 1. The lowest BCUT2D eigenvalue weighted by Gasteiger charge is -2.40. The molecule has 0 saturated carbocycles. The molecule has 2 aromatic heterocycles. The van der Waals surface area contributed by atoms with Crippen molar-refractivity contribution < 1.29 is 22.7 Å². The van der Waals surface area contributed by atoms with Crippen LogP contribution in [0.3, 0.4) is 0 Å². The molecular weight excluding hydrogens is 487 g/mol. The number of aromatic amines is 1. The van der Waals surface area contributed by atoms with Crippen LogP contribution in [-0.2, 0) is 17.5 Å². The number of nitrogens with zero attached hydrogens (tertiary/aromatic N) is 3. The van der Waals surface area contributed by atoms with Crippen molar-refractivity contribution in [2.45, 2.75) is 31.6 Å². The van der Waals surface area contributed by atoms with Crippen molar-refractivity contribution in [3.63, 3.8) is 0 Å². The van der Waals surface area contributed by atoms with Crippen LogP contribution in [0.15, 0.2) is 41.3 Å². The summed E-state index contributed by atoms with van der Waals surface area (Å²) in [4.78, 5) is 35.8. The third kappa shape index (κ3) is 5.25. The molecule has 0 spiro atoms. The smallest absolute Gasteiger partial charge is 0.379 e. The second-order valence-electron chi connectivity index (χ2n) is 9.48. The highest BCUT2D eigenvalue weighted by atomic mass is 19.4. The van der Waals surface area contributed by atoms with Crippen molar-refractivity contribution in [1.82, 2.24) is 19.8 Å². The number of rotatable bonds is 5. The molecule has 1 amide bonds. The number of carbonyl (C=O) groups excluding carboxylic acids is 1. The van der Waals surface area contributed by atoms with E-state index in [-0.39, 0.29) is 34.3 Å². The Morgan fingerprint density at radius 1 is 1.08 bits per heavy atom. The number of halogens is 3. The molecule has 0 unspecified atom stereocenters. The van der Waals surface area contributed by atoms with Gasteiger partial charge in [-0.1, -0.05) is 12.1 Å². The molecule has 11 heteroatoms. The number of benzene rings is 1. The van der Waals surface area contributed by atoms with E-state index in [0.717, 1.165) is 32.0 Å². The molecule has 5 rings (SSSR count). The summed E-state index contributed by atoms with van der Waals surface area (Å²) in [6, 6.07) is 7.00. The van der Waals surface area contributed by atoms with E-state index in [1.54, 1.807) is 6.07 Å². The molecule has 0 radical (unpaired) electrons. The van der Waals surface area contributed by atoms with Crippen LogP contribution in [-0.4, -0.2) is 71.1 Å². The van der Waals surface area contributed by atoms with Gasteiger partial charge in [0, 0.05) is 43.5 Å². The molecule has 2 saturated heterocycles. The summed E-state index contributed by atoms with van der Waals surface area (Å²) in [5.41, 5.74) is 5.23. The monoisotopic (exact) mass is 515 g/mol. The zero-order valence-corrected chi connectivity index (χ0v) is 20.2. The largest absolute Gasteiger partial charge is 0.416 e. The number of ether oxygens (including phenoxy) is 1. The van der Waals surface area contributed by atoms with Crippen LogP contribution in [0.1, 0.15) is 34.3 Å². The van der Waals surface area contributed by atoms with Gasteiger partial charge in [-0.3, -0.25) is 24.4 Å². The first-order valence-corrected chi connectivity index (χ1v) is 12.3. The maximum absolute atomic E-state index is 14.2. The van der Waals surface area contributed by atoms with Crippen molar-refractivity contribution >= 4 is 16.9 Å². The lowest BCUT2D eigenvalue weighted by Crippen LogP contribution is -2.48. The summed E-state index contributed by atoms with van der Waals surface area (Å²) in [7, 11) is 0. The van der Waals surface area contributed by atoms with Crippen molar-refractivity contribution in [2.75, 3.05) is 39.4 Å². The molecule has 0 aliphatic carbocycles. The normalized spacial score (nSPS) is 18.4. The number of primary amides is 1. The summed E-state index contributed by atoms with van der Waals surface area (Å²) in [6.07, 6.45) is -1.53. The molecular formula is C26H28F3N5O3. The summed E-state index contributed by atoms with van der Waals surface area (Å²) in [5, 5.41) is 0. The zero-order chi connectivity index (χ0) is 26.2. The molecule has 3 N–H and O–H groups in total. The third-order valence-electron chi connectivity index (χ3n) is 7.27. The van der Waals surface area contributed by atoms with Gasteiger partial charge in [0.2, 0.25) is 5.56 Å². The Balaban J connectivity index is 1.53. The SMILES string of the molecule is NC(=O)c1c(-c2cccc(C(F)(F)F)c2CN2CCC(N3CCOCC3)CC2)cnc2ccc(=O)[nH]c12. The predicted octanol–water partition coefficient (Wildman–Crippen LogP) is 3.00. The van der Waals surface area contributed by atoms with Gasteiger partial charge < -0.3 is 15.5 Å². The topological polar surface area (TPSA) is 105 Å². The van der Waals surface area contributed by atoms with Crippen LogP contribution in [0.2, 0.25) is 0 Å². The van der Waals surface area contributed by atoms with Gasteiger partial charge in [-0.25, -0.2) is 0 Å². The summed E-state index contributed by atoms with van der Waals surface area (Å²) >= 11 is 0. The Hall–Kier alpha value is -3.28. The maximum atomic E-state index is 14.2. The summed E-state index contributed by atoms with van der Waals surface area (Å²) in [6.45, 7) is 4.52. The number of nitrogens with one attached hydrogen (secondary N) is 1. The Kier molecular flexibility index (Phi) is 7.02. The number of fused-ring (bicyclic) bond motifs is 1. The first kappa shape index (κ1) is 25.4. The number of pyridine rings is 2. The van der Waals surface area contributed by atoms with Crippen LogP contribution in [0.5, 0.6) is 0 Å². The molecule has 3 aromatic rings. The van der Waals surface area contributed by atoms with Gasteiger partial charge in [0.1, 0.15) is 0 Å². The fraction of sp³-hybridized carbons (Fsp3) is 0.423. The van der Waals surface area contributed by atoms with Crippen LogP contribution in [0.25, 0.3) is 22.2 Å². The predicted molar refractivity (Wildman–Crippen MR) is 132 cm³/mol. The lowest BCUT2D eigenvalue weighted by atomic mass is 9.91. The number of piperidine rings is 1. The number of hydrogen-bond acceptors (Lipinski definition) is 6. The van der Waals surface area contributed by atoms with Crippen LogP contribution in [0, 0.1) is 0 Å². The molecule has 1 aromatic carbocycles. The first-order valence-electron chi connectivity index (χ1n) is 12.3. The minimum Gasteiger partial charge on any atom is -0.379 e. The van der Waals surface area contributed by atoms with Crippen LogP contribution < -0.4 is 11.3 Å². The number of aromatic nitrogens is 2. The number of hydrogen-bond donors (Lipinski definition) is 2. The van der Waals surface area contributed by atoms with Gasteiger partial charge in [-0.15, -0.1) is 0 Å². The molecule has 2 aliphatic heterocycles. The first-order chi connectivity index (χ1) is 17.7. The van der Waals surface area contributed by atoms with Crippen molar-refractivity contribution in [3.05, 3.63) is 63.6 Å². The highest BCUT2D eigenvalue weighted by molar-refractivity contribution is 6.09. The Morgan fingerprint density at radius 3 is 2.49 bits per heavy atom. The fourth-order valence-electron chi connectivity index (χ4n) is 5.44. The van der Waals surface area contributed by atoms with E-state index >= 15 is 0 Å². The number of nitrogens with two attached hydrogens (primary N) is 1. The molecule has 0 bridgehead atoms. The van der Waals surface area contributed by atoms with Crippen LogP contribution >= 0.6 is 0 Å². The van der Waals surface area contributed by atoms with Gasteiger partial charge in [0.15, 0.2) is 0 Å². The van der Waals surface area contributed by atoms with Crippen molar-refractivity contribution in [3.8, 4) is 11.1 Å². The number of morpholine rings is 1. The van der Waals surface area contributed by atoms with E-state index in [9.17, 15) is 22.8 Å². The number of likely N-dealkylation sites (tertiary alicyclic amines) is 1. The lowest BCUT2D eigenvalue weighted by molar-refractivity contribution is -0.138. The van der Waals surface area contributed by atoms with E-state index in [0.29, 0.717) is 37.9 Å². The summed E-state index contributed by atoms with van der Waals surface area (Å²) in [5.74, 6) is -0.862. The van der Waals surface area contributed by atoms with Gasteiger partial charge in [-0.05, 0) is 49.2 Å². The molecule has 2 aliphatic rings. The zero-order valence-electron chi connectivity index (χ0n) is 20.2. The van der Waals surface area contributed by atoms with Gasteiger partial charge in [-0.2, -0.15) is 13.2 Å². The molecule has 8 nitrogen and oxygen atoms in total. The Morgan fingerprint density at radius 2 is 1.81 bits per heavy atom. The summed E-state index contributed by atoms with van der Waals surface area (Å²) < 4.78 is 48.0. The van der Waals surface area contributed by atoms with Gasteiger partial charge in [0.25, 0.3) is 5.91 Å². The molecule has 196 valence electrons. The molecule has 2 fully saturated rings. The maximum Gasteiger partial charge on any atom is 0.416 e. The van der Waals surface area contributed by atoms with E-state index in [4.69, 9.17) is 10.5 Å². The number of amides is 1. The van der Waals surface area contributed by atoms with E-state index in [2.05, 4.69) is 14.9 Å². The second-order valence-corrected chi connectivity index (χ2v) is 9.48. The van der Waals surface area contributed by atoms with Gasteiger partial charge in [0.05, 0.1) is 35.4 Å². The van der Waals surface area contributed by atoms with E-state index < -0.39 is 23.2 Å². The molecule has 4 heterocycles. The minimum atomic E-state index is -4.59. The van der Waals surface area contributed by atoms with Crippen molar-refractivity contribution in [2.24, 2.45) is 5.73 Å².